The summed E-state index contributed by atoms with van der Waals surface area (Å²) in [5.41, 5.74) is 6.52. The molecule has 2 heterocycles. The summed E-state index contributed by atoms with van der Waals surface area (Å²) >= 11 is 2.72. The lowest BCUT2D eigenvalue weighted by Gasteiger charge is -2.19. The number of fused-ring (bicyclic) bond motifs is 1. The largest absolute Gasteiger partial charge is 0.325 e. The van der Waals surface area contributed by atoms with Gasteiger partial charge in [0.25, 0.3) is 5.56 Å². The molecule has 7 heteroatoms. The third kappa shape index (κ3) is 5.60. The summed E-state index contributed by atoms with van der Waals surface area (Å²) in [4.78, 5) is 33.2. The molecule has 3 aromatic carbocycles. The fraction of sp³-hybridized carbons (Fsp3) is 0.156. The molecule has 1 amide bonds. The number of thiophene rings is 1. The van der Waals surface area contributed by atoms with Crippen molar-refractivity contribution >= 4 is 44.9 Å². The molecule has 1 N–H and O–H groups in total. The molecule has 5 aromatic rings. The molecular weight excluding hydrogens is 523 g/mol. The number of rotatable bonds is 8. The molecule has 0 spiro atoms. The quantitative estimate of drug-likeness (QED) is 0.122. The Labute approximate surface area is 236 Å². The summed E-state index contributed by atoms with van der Waals surface area (Å²) in [5.74, 6) is -0.175. The minimum atomic E-state index is -0.622. The van der Waals surface area contributed by atoms with E-state index in [-0.39, 0.29) is 18.0 Å². The van der Waals surface area contributed by atoms with Crippen molar-refractivity contribution in [3.63, 3.8) is 0 Å². The molecule has 0 unspecified atom stereocenters. The van der Waals surface area contributed by atoms with Crippen LogP contribution in [0.5, 0.6) is 0 Å². The van der Waals surface area contributed by atoms with Crippen LogP contribution in [0.4, 0.5) is 5.69 Å². The van der Waals surface area contributed by atoms with Crippen molar-refractivity contribution in [1.29, 1.82) is 0 Å². The predicted octanol–water partition coefficient (Wildman–Crippen LogP) is 7.71. The molecule has 0 saturated carbocycles. The highest BCUT2D eigenvalue weighted by Crippen LogP contribution is 2.38. The number of nitrogens with one attached hydrogen (secondary N) is 1. The minimum Gasteiger partial charge on any atom is -0.325 e. The van der Waals surface area contributed by atoms with E-state index in [1.54, 1.807) is 10.6 Å². The van der Waals surface area contributed by atoms with Crippen LogP contribution in [0.2, 0.25) is 0 Å². The fourth-order valence-electron chi connectivity index (χ4n) is 4.41. The Morgan fingerprint density at radius 1 is 1.05 bits per heavy atom. The number of benzene rings is 3. The van der Waals surface area contributed by atoms with Crippen molar-refractivity contribution < 1.29 is 4.79 Å². The van der Waals surface area contributed by atoms with E-state index in [0.29, 0.717) is 15.4 Å². The van der Waals surface area contributed by atoms with E-state index in [4.69, 9.17) is 4.98 Å². The van der Waals surface area contributed by atoms with E-state index in [9.17, 15) is 9.59 Å². The number of hydrogen-bond acceptors (Lipinski definition) is 5. The number of aromatic nitrogens is 2. The molecular formula is C32H29N3O2S2. The SMILES string of the molecule is C=CCn1c(S[C@@H](C(=O)Nc2cc(C)ccc2C)c2ccccc2)nc2scc(-c3ccc(C)cc3)c2c1=O. The molecule has 0 bridgehead atoms. The van der Waals surface area contributed by atoms with Gasteiger partial charge in [-0.25, -0.2) is 4.98 Å². The Kier molecular flexibility index (Phi) is 7.82. The molecule has 196 valence electrons. The van der Waals surface area contributed by atoms with Crippen LogP contribution in [-0.2, 0) is 11.3 Å². The number of allylic oxidation sites excluding steroid dienone is 1. The van der Waals surface area contributed by atoms with Gasteiger partial charge in [-0.15, -0.1) is 17.9 Å². The van der Waals surface area contributed by atoms with E-state index in [2.05, 4.69) is 11.9 Å². The van der Waals surface area contributed by atoms with Crippen LogP contribution < -0.4 is 10.9 Å². The summed E-state index contributed by atoms with van der Waals surface area (Å²) in [6.07, 6.45) is 1.69. The Balaban J connectivity index is 1.59. The number of thioether (sulfide) groups is 1. The van der Waals surface area contributed by atoms with E-state index in [1.807, 2.05) is 98.9 Å². The monoisotopic (exact) mass is 551 g/mol. The van der Waals surface area contributed by atoms with Crippen molar-refractivity contribution in [2.75, 3.05) is 5.32 Å². The van der Waals surface area contributed by atoms with Crippen LogP contribution in [0.3, 0.4) is 0 Å². The fourth-order valence-corrected chi connectivity index (χ4v) is 6.50. The molecule has 2 aromatic heterocycles. The lowest BCUT2D eigenvalue weighted by atomic mass is 10.1. The summed E-state index contributed by atoms with van der Waals surface area (Å²) in [7, 11) is 0. The van der Waals surface area contributed by atoms with Gasteiger partial charge < -0.3 is 5.32 Å². The van der Waals surface area contributed by atoms with Crippen LogP contribution in [-0.4, -0.2) is 15.5 Å². The zero-order valence-corrected chi connectivity index (χ0v) is 23.7. The van der Waals surface area contributed by atoms with Gasteiger partial charge in [-0.1, -0.05) is 90.1 Å². The Morgan fingerprint density at radius 3 is 2.49 bits per heavy atom. The van der Waals surface area contributed by atoms with Gasteiger partial charge in [-0.2, -0.15) is 0 Å². The molecule has 0 aliphatic rings. The maximum atomic E-state index is 13.9. The van der Waals surface area contributed by atoms with Crippen LogP contribution in [0.15, 0.2) is 101 Å². The average Bonchev–Trinajstić information content (AvgIpc) is 3.36. The standard InChI is InChI=1S/C32H29N3O2S2/c1-5-17-35-31(37)27-25(23-15-12-20(2)13-16-23)19-38-30(27)34-32(35)39-28(24-9-7-6-8-10-24)29(36)33-26-18-21(3)11-14-22(26)4/h5-16,18-19,28H,1,17H2,2-4H3,(H,33,36)/t28-/m1/s1. The summed E-state index contributed by atoms with van der Waals surface area (Å²) < 4.78 is 1.62. The van der Waals surface area contributed by atoms with E-state index < -0.39 is 5.25 Å². The maximum Gasteiger partial charge on any atom is 0.263 e. The predicted molar refractivity (Wildman–Crippen MR) is 164 cm³/mol. The van der Waals surface area contributed by atoms with Crippen LogP contribution in [0, 0.1) is 20.8 Å². The molecule has 0 aliphatic carbocycles. The van der Waals surface area contributed by atoms with Crippen molar-refractivity contribution in [1.82, 2.24) is 9.55 Å². The topological polar surface area (TPSA) is 64.0 Å². The second-order valence-electron chi connectivity index (χ2n) is 9.51. The number of carbonyl (C=O) groups is 1. The second-order valence-corrected chi connectivity index (χ2v) is 11.4. The van der Waals surface area contributed by atoms with E-state index >= 15 is 0 Å². The van der Waals surface area contributed by atoms with Gasteiger partial charge in [0.2, 0.25) is 5.91 Å². The van der Waals surface area contributed by atoms with Crippen molar-refractivity contribution in [3.05, 3.63) is 123 Å². The summed E-state index contributed by atoms with van der Waals surface area (Å²) in [6, 6.07) is 23.7. The third-order valence-electron chi connectivity index (χ3n) is 6.55. The highest BCUT2D eigenvalue weighted by molar-refractivity contribution is 8.00. The lowest BCUT2D eigenvalue weighted by molar-refractivity contribution is -0.115. The van der Waals surface area contributed by atoms with Crippen molar-refractivity contribution in [2.24, 2.45) is 0 Å². The first-order valence-corrected chi connectivity index (χ1v) is 14.4. The van der Waals surface area contributed by atoms with Crippen LogP contribution in [0.1, 0.15) is 27.5 Å². The van der Waals surface area contributed by atoms with Gasteiger partial charge in [-0.3, -0.25) is 14.2 Å². The first kappa shape index (κ1) is 26.7. The van der Waals surface area contributed by atoms with E-state index in [1.165, 1.54) is 23.1 Å². The lowest BCUT2D eigenvalue weighted by Crippen LogP contribution is -2.25. The highest BCUT2D eigenvalue weighted by atomic mass is 32.2. The van der Waals surface area contributed by atoms with Crippen molar-refractivity contribution in [3.8, 4) is 11.1 Å². The summed E-state index contributed by atoms with van der Waals surface area (Å²) in [5, 5.41) is 5.54. The van der Waals surface area contributed by atoms with Crippen LogP contribution in [0.25, 0.3) is 21.3 Å². The number of carbonyl (C=O) groups excluding carboxylic acids is 1. The van der Waals surface area contributed by atoms with Gasteiger partial charge in [0.15, 0.2) is 5.16 Å². The first-order chi connectivity index (χ1) is 18.9. The van der Waals surface area contributed by atoms with Gasteiger partial charge in [-0.05, 0) is 49.1 Å². The molecule has 5 rings (SSSR count). The molecule has 5 nitrogen and oxygen atoms in total. The smallest absolute Gasteiger partial charge is 0.263 e. The van der Waals surface area contributed by atoms with Crippen LogP contribution >= 0.6 is 23.1 Å². The first-order valence-electron chi connectivity index (χ1n) is 12.7. The van der Waals surface area contributed by atoms with Gasteiger partial charge in [0.1, 0.15) is 10.1 Å². The molecule has 1 atom stereocenters. The average molecular weight is 552 g/mol. The van der Waals surface area contributed by atoms with E-state index in [0.717, 1.165) is 39.1 Å². The third-order valence-corrected chi connectivity index (χ3v) is 8.66. The normalized spacial score (nSPS) is 11.9. The number of aryl methyl sites for hydroxylation is 3. The molecule has 0 aliphatic heterocycles. The van der Waals surface area contributed by atoms with Gasteiger partial charge in [0, 0.05) is 23.2 Å². The number of hydrogen-bond donors (Lipinski definition) is 1. The molecule has 0 fully saturated rings. The molecule has 0 radical (unpaired) electrons. The Hall–Kier alpha value is -3.94. The zero-order valence-electron chi connectivity index (χ0n) is 22.1. The van der Waals surface area contributed by atoms with Gasteiger partial charge >= 0.3 is 0 Å². The summed E-state index contributed by atoms with van der Waals surface area (Å²) in [6.45, 7) is 10.2. The number of nitrogens with zero attached hydrogens (tertiary/aromatic N) is 2. The molecule has 39 heavy (non-hydrogen) atoms. The number of amides is 1. The zero-order chi connectivity index (χ0) is 27.5. The second kappa shape index (κ2) is 11.4. The Morgan fingerprint density at radius 2 is 1.77 bits per heavy atom. The minimum absolute atomic E-state index is 0.138. The molecule has 0 saturated heterocycles. The number of anilines is 1. The van der Waals surface area contributed by atoms with Gasteiger partial charge in [0.05, 0.1) is 5.39 Å². The Bertz CT molecular complexity index is 1720. The maximum absolute atomic E-state index is 13.9. The highest BCUT2D eigenvalue weighted by Gasteiger charge is 2.26. The van der Waals surface area contributed by atoms with Crippen molar-refractivity contribution in [2.45, 2.75) is 37.7 Å².